The van der Waals surface area contributed by atoms with Crippen molar-refractivity contribution in [3.05, 3.63) is 125 Å². The van der Waals surface area contributed by atoms with Gasteiger partial charge in [0.25, 0.3) is 5.91 Å². The number of benzene rings is 4. The SMILES string of the molecule is O=C1c2ccccc2NC(c2ccc(OCc3ccc(Cl)cc3)cc2)N1c1ccc(F)cc1. The molecule has 164 valence electrons. The van der Waals surface area contributed by atoms with Gasteiger partial charge < -0.3 is 10.1 Å². The van der Waals surface area contributed by atoms with Crippen molar-refractivity contribution in [1.82, 2.24) is 0 Å². The minimum Gasteiger partial charge on any atom is -0.489 e. The number of hydrogen-bond donors (Lipinski definition) is 1. The first-order valence-electron chi connectivity index (χ1n) is 10.5. The van der Waals surface area contributed by atoms with Gasteiger partial charge in [-0.2, -0.15) is 0 Å². The highest BCUT2D eigenvalue weighted by atomic mass is 35.5. The standard InChI is InChI=1S/C27H20ClFN2O2/c28-20-9-5-18(6-10-20)17-33-23-15-7-19(8-16-23)26-30-25-4-2-1-3-24(25)27(32)31(26)22-13-11-21(29)12-14-22/h1-16,26,30H,17H2. The third kappa shape index (κ3) is 4.41. The second-order valence-corrected chi connectivity index (χ2v) is 8.16. The molecule has 33 heavy (non-hydrogen) atoms. The van der Waals surface area contributed by atoms with Gasteiger partial charge in [-0.1, -0.05) is 48.0 Å². The smallest absolute Gasteiger partial charge is 0.262 e. The Morgan fingerprint density at radius 2 is 1.58 bits per heavy atom. The summed E-state index contributed by atoms with van der Waals surface area (Å²) in [6.45, 7) is 0.422. The van der Waals surface area contributed by atoms with Gasteiger partial charge in [-0.05, 0) is 71.8 Å². The molecule has 0 saturated carbocycles. The maximum atomic E-state index is 13.5. The first-order valence-corrected chi connectivity index (χ1v) is 10.9. The third-order valence-electron chi connectivity index (χ3n) is 5.55. The van der Waals surface area contributed by atoms with Gasteiger partial charge in [0.15, 0.2) is 0 Å². The predicted molar refractivity (Wildman–Crippen MR) is 128 cm³/mol. The number of ether oxygens (including phenoxy) is 1. The Hall–Kier alpha value is -3.83. The lowest BCUT2D eigenvalue weighted by Gasteiger charge is -2.38. The van der Waals surface area contributed by atoms with E-state index in [0.717, 1.165) is 16.8 Å². The normalized spacial score (nSPS) is 15.0. The van der Waals surface area contributed by atoms with Crippen LogP contribution in [0, 0.1) is 5.82 Å². The summed E-state index contributed by atoms with van der Waals surface area (Å²) in [5, 5.41) is 4.13. The second kappa shape index (κ2) is 8.96. The summed E-state index contributed by atoms with van der Waals surface area (Å²) in [5.41, 5.74) is 3.83. The number of rotatable bonds is 5. The first kappa shape index (κ1) is 21.0. The van der Waals surface area contributed by atoms with Crippen LogP contribution in [0.2, 0.25) is 5.02 Å². The predicted octanol–water partition coefficient (Wildman–Crippen LogP) is 6.83. The maximum Gasteiger partial charge on any atom is 0.262 e. The van der Waals surface area contributed by atoms with Crippen molar-refractivity contribution in [3.63, 3.8) is 0 Å². The van der Waals surface area contributed by atoms with Crippen molar-refractivity contribution < 1.29 is 13.9 Å². The molecule has 0 spiro atoms. The summed E-state index contributed by atoms with van der Waals surface area (Å²) >= 11 is 5.93. The highest BCUT2D eigenvalue weighted by Crippen LogP contribution is 2.37. The van der Waals surface area contributed by atoms with Crippen molar-refractivity contribution in [2.24, 2.45) is 0 Å². The zero-order valence-corrected chi connectivity index (χ0v) is 18.3. The zero-order chi connectivity index (χ0) is 22.8. The molecule has 6 heteroatoms. The van der Waals surface area contributed by atoms with Crippen LogP contribution in [0.15, 0.2) is 97.1 Å². The fraction of sp³-hybridized carbons (Fsp3) is 0.0741. The van der Waals surface area contributed by atoms with Gasteiger partial charge in [0.05, 0.1) is 5.56 Å². The lowest BCUT2D eigenvalue weighted by molar-refractivity contribution is 0.0975. The molecule has 0 aliphatic carbocycles. The average molecular weight is 459 g/mol. The van der Waals surface area contributed by atoms with Gasteiger partial charge in [-0.3, -0.25) is 9.69 Å². The molecule has 4 aromatic carbocycles. The van der Waals surface area contributed by atoms with Crippen LogP contribution in [0.5, 0.6) is 5.75 Å². The number of hydrogen-bond acceptors (Lipinski definition) is 3. The summed E-state index contributed by atoms with van der Waals surface area (Å²) in [6.07, 6.45) is -0.455. The van der Waals surface area contributed by atoms with E-state index in [1.54, 1.807) is 23.1 Å². The van der Waals surface area contributed by atoms with Gasteiger partial charge >= 0.3 is 0 Å². The monoisotopic (exact) mass is 458 g/mol. The molecule has 0 saturated heterocycles. The van der Waals surface area contributed by atoms with Crippen LogP contribution in [-0.2, 0) is 6.61 Å². The van der Waals surface area contributed by atoms with Crippen LogP contribution in [0.4, 0.5) is 15.8 Å². The molecule has 0 fully saturated rings. The number of nitrogens with zero attached hydrogens (tertiary/aromatic N) is 1. The minimum absolute atomic E-state index is 0.149. The molecule has 4 aromatic rings. The molecule has 0 aromatic heterocycles. The van der Waals surface area contributed by atoms with Crippen LogP contribution < -0.4 is 15.0 Å². The van der Waals surface area contributed by atoms with Crippen LogP contribution in [0.25, 0.3) is 0 Å². The summed E-state index contributed by atoms with van der Waals surface area (Å²) in [7, 11) is 0. The van der Waals surface area contributed by atoms with Crippen molar-refractivity contribution >= 4 is 28.9 Å². The zero-order valence-electron chi connectivity index (χ0n) is 17.5. The summed E-state index contributed by atoms with van der Waals surface area (Å²) in [5.74, 6) is 0.212. The number of halogens is 2. The first-order chi connectivity index (χ1) is 16.1. The fourth-order valence-corrected chi connectivity index (χ4v) is 3.97. The van der Waals surface area contributed by atoms with Crippen molar-refractivity contribution in [2.45, 2.75) is 12.8 Å². The average Bonchev–Trinajstić information content (AvgIpc) is 2.85. The van der Waals surface area contributed by atoms with E-state index in [2.05, 4.69) is 5.32 Å². The van der Waals surface area contributed by atoms with E-state index in [0.29, 0.717) is 28.6 Å². The largest absolute Gasteiger partial charge is 0.489 e. The van der Waals surface area contributed by atoms with Crippen molar-refractivity contribution in [2.75, 3.05) is 10.2 Å². The molecule has 1 amide bonds. The molecule has 1 N–H and O–H groups in total. The van der Waals surface area contributed by atoms with Gasteiger partial charge in [0.2, 0.25) is 0 Å². The Balaban J connectivity index is 1.42. The molecule has 0 bridgehead atoms. The minimum atomic E-state index is -0.455. The van der Waals surface area contributed by atoms with E-state index in [9.17, 15) is 9.18 Å². The van der Waals surface area contributed by atoms with Gasteiger partial charge in [-0.15, -0.1) is 0 Å². The van der Waals surface area contributed by atoms with Crippen LogP contribution >= 0.6 is 11.6 Å². The van der Waals surface area contributed by atoms with Crippen LogP contribution in [0.3, 0.4) is 0 Å². The quantitative estimate of drug-likeness (QED) is 0.356. The maximum absolute atomic E-state index is 13.5. The fourth-order valence-electron chi connectivity index (χ4n) is 3.85. The molecule has 1 heterocycles. The van der Waals surface area contributed by atoms with Crippen LogP contribution in [0.1, 0.15) is 27.7 Å². The molecule has 0 radical (unpaired) electrons. The topological polar surface area (TPSA) is 41.6 Å². The molecular formula is C27H20ClFN2O2. The summed E-state index contributed by atoms with van der Waals surface area (Å²) < 4.78 is 19.4. The van der Waals surface area contributed by atoms with E-state index in [4.69, 9.17) is 16.3 Å². The van der Waals surface area contributed by atoms with Crippen LogP contribution in [-0.4, -0.2) is 5.91 Å². The van der Waals surface area contributed by atoms with Crippen molar-refractivity contribution in [3.8, 4) is 5.75 Å². The van der Waals surface area contributed by atoms with E-state index in [1.165, 1.54) is 12.1 Å². The molecule has 1 aliphatic rings. The molecule has 4 nitrogen and oxygen atoms in total. The number of nitrogens with one attached hydrogen (secondary N) is 1. The van der Waals surface area contributed by atoms with Gasteiger partial charge in [-0.25, -0.2) is 4.39 Å². The number of anilines is 2. The lowest BCUT2D eigenvalue weighted by Crippen LogP contribution is -2.43. The Morgan fingerprint density at radius 1 is 0.879 bits per heavy atom. The lowest BCUT2D eigenvalue weighted by atomic mass is 10.0. The van der Waals surface area contributed by atoms with E-state index in [1.807, 2.05) is 66.7 Å². The Bertz CT molecular complexity index is 1280. The Labute approximate surface area is 196 Å². The highest BCUT2D eigenvalue weighted by Gasteiger charge is 2.34. The highest BCUT2D eigenvalue weighted by molar-refractivity contribution is 6.30. The number of carbonyl (C=O) groups excluding carboxylic acids is 1. The number of carbonyl (C=O) groups is 1. The Kier molecular flexibility index (Phi) is 5.71. The van der Waals surface area contributed by atoms with E-state index < -0.39 is 6.17 Å². The molecule has 1 aliphatic heterocycles. The second-order valence-electron chi connectivity index (χ2n) is 7.73. The summed E-state index contributed by atoms with van der Waals surface area (Å²) in [4.78, 5) is 15.0. The Morgan fingerprint density at radius 3 is 2.30 bits per heavy atom. The molecular weight excluding hydrogens is 439 g/mol. The van der Waals surface area contributed by atoms with E-state index in [-0.39, 0.29) is 11.7 Å². The summed E-state index contributed by atoms with van der Waals surface area (Å²) in [6, 6.07) is 28.4. The van der Waals surface area contributed by atoms with Gasteiger partial charge in [0.1, 0.15) is 24.3 Å². The molecule has 1 atom stereocenters. The molecule has 5 rings (SSSR count). The number of amides is 1. The molecule has 1 unspecified atom stereocenters. The van der Waals surface area contributed by atoms with E-state index >= 15 is 0 Å². The van der Waals surface area contributed by atoms with Crippen molar-refractivity contribution in [1.29, 1.82) is 0 Å². The number of fused-ring (bicyclic) bond motifs is 1. The third-order valence-corrected chi connectivity index (χ3v) is 5.80. The number of para-hydroxylation sites is 1. The van der Waals surface area contributed by atoms with Gasteiger partial charge in [0, 0.05) is 16.4 Å².